The quantitative estimate of drug-likeness (QED) is 0.454. The predicted molar refractivity (Wildman–Crippen MR) is 130 cm³/mol. The second-order valence-corrected chi connectivity index (χ2v) is 8.88. The van der Waals surface area contributed by atoms with Gasteiger partial charge in [0.25, 0.3) is 0 Å². The first-order chi connectivity index (χ1) is 15.8. The highest BCUT2D eigenvalue weighted by Crippen LogP contribution is 2.41. The highest BCUT2D eigenvalue weighted by atomic mass is 35.5. The predicted octanol–water partition coefficient (Wildman–Crippen LogP) is 6.03. The number of ether oxygens (including phenoxy) is 3. The molecule has 1 unspecified atom stereocenters. The Labute approximate surface area is 204 Å². The van der Waals surface area contributed by atoms with Gasteiger partial charge < -0.3 is 19.5 Å². The van der Waals surface area contributed by atoms with Gasteiger partial charge in [-0.05, 0) is 69.0 Å². The van der Waals surface area contributed by atoms with Gasteiger partial charge in [-0.25, -0.2) is 4.79 Å². The summed E-state index contributed by atoms with van der Waals surface area (Å²) in [6.45, 7) is 6.76. The normalized spacial score (nSPS) is 16.0. The van der Waals surface area contributed by atoms with E-state index in [2.05, 4.69) is 5.32 Å². The second kappa shape index (κ2) is 11.2. The van der Waals surface area contributed by atoms with Crippen molar-refractivity contribution in [3.8, 4) is 5.75 Å². The van der Waals surface area contributed by atoms with Crippen molar-refractivity contribution >= 4 is 40.8 Å². The summed E-state index contributed by atoms with van der Waals surface area (Å²) in [6.07, 6.45) is 1.66. The standard InChI is InChI=1S/C25H29Cl2NO5/c1-4-16(3)33-22-9-7-18(15-19(22)23(29)32-5-2)28-24(30)25(10-12-31-13-11-25)20-8-6-17(26)14-21(20)27/h6-9,14-16H,4-5,10-13H2,1-3H3,(H,28,30). The summed E-state index contributed by atoms with van der Waals surface area (Å²) in [5.41, 5.74) is 0.559. The highest BCUT2D eigenvalue weighted by Gasteiger charge is 2.43. The molecule has 0 saturated carbocycles. The van der Waals surface area contributed by atoms with Gasteiger partial charge in [-0.3, -0.25) is 4.79 Å². The molecule has 1 N–H and O–H groups in total. The molecular weight excluding hydrogens is 465 g/mol. The Hall–Kier alpha value is -2.28. The van der Waals surface area contributed by atoms with Crippen LogP contribution in [0.25, 0.3) is 0 Å². The molecule has 6 nitrogen and oxygen atoms in total. The van der Waals surface area contributed by atoms with Crippen LogP contribution >= 0.6 is 23.2 Å². The molecule has 1 fully saturated rings. The molecule has 1 saturated heterocycles. The molecule has 1 heterocycles. The fourth-order valence-electron chi connectivity index (χ4n) is 3.85. The van der Waals surface area contributed by atoms with Crippen molar-refractivity contribution in [3.05, 3.63) is 57.6 Å². The van der Waals surface area contributed by atoms with Gasteiger partial charge in [0, 0.05) is 28.9 Å². The largest absolute Gasteiger partial charge is 0.490 e. The monoisotopic (exact) mass is 493 g/mol. The third-order valence-corrected chi connectivity index (χ3v) is 6.41. The maximum absolute atomic E-state index is 13.6. The van der Waals surface area contributed by atoms with Crippen LogP contribution in [0.2, 0.25) is 10.0 Å². The molecule has 0 bridgehead atoms. The fourth-order valence-corrected chi connectivity index (χ4v) is 4.44. The van der Waals surface area contributed by atoms with Crippen molar-refractivity contribution in [1.29, 1.82) is 0 Å². The van der Waals surface area contributed by atoms with E-state index in [1.165, 1.54) is 0 Å². The average Bonchev–Trinajstić information content (AvgIpc) is 2.80. The first kappa shape index (κ1) is 25.3. The van der Waals surface area contributed by atoms with Crippen molar-refractivity contribution < 1.29 is 23.8 Å². The van der Waals surface area contributed by atoms with Gasteiger partial charge in [0.2, 0.25) is 5.91 Å². The molecule has 33 heavy (non-hydrogen) atoms. The van der Waals surface area contributed by atoms with Gasteiger partial charge in [-0.1, -0.05) is 36.2 Å². The number of amides is 1. The van der Waals surface area contributed by atoms with Crippen LogP contribution in [0.3, 0.4) is 0 Å². The summed E-state index contributed by atoms with van der Waals surface area (Å²) in [7, 11) is 0. The molecule has 2 aromatic rings. The molecule has 3 rings (SSSR count). The van der Waals surface area contributed by atoms with Gasteiger partial charge in [0.05, 0.1) is 18.1 Å². The van der Waals surface area contributed by atoms with Gasteiger partial charge in [-0.15, -0.1) is 0 Å². The van der Waals surface area contributed by atoms with Crippen molar-refractivity contribution in [2.75, 3.05) is 25.1 Å². The lowest BCUT2D eigenvalue weighted by molar-refractivity contribution is -0.125. The second-order valence-electron chi connectivity index (χ2n) is 8.04. The van der Waals surface area contributed by atoms with Crippen molar-refractivity contribution in [2.45, 2.75) is 51.6 Å². The Balaban J connectivity index is 1.95. The molecular formula is C25H29Cl2NO5. The molecule has 1 aliphatic heterocycles. The number of hydrogen-bond donors (Lipinski definition) is 1. The van der Waals surface area contributed by atoms with E-state index in [1.807, 2.05) is 13.8 Å². The maximum atomic E-state index is 13.6. The lowest BCUT2D eigenvalue weighted by atomic mass is 9.73. The Bertz CT molecular complexity index is 1000. The zero-order chi connectivity index (χ0) is 24.0. The number of benzene rings is 2. The number of rotatable bonds is 8. The first-order valence-electron chi connectivity index (χ1n) is 11.1. The summed E-state index contributed by atoms with van der Waals surface area (Å²) < 4.78 is 16.6. The van der Waals surface area contributed by atoms with Crippen molar-refractivity contribution in [2.24, 2.45) is 0 Å². The van der Waals surface area contributed by atoms with Crippen LogP contribution in [0.5, 0.6) is 5.75 Å². The third-order valence-electron chi connectivity index (χ3n) is 5.86. The zero-order valence-corrected chi connectivity index (χ0v) is 20.6. The van der Waals surface area contributed by atoms with Gasteiger partial charge in [0.15, 0.2) is 0 Å². The topological polar surface area (TPSA) is 73.9 Å². The Morgan fingerprint density at radius 1 is 1.12 bits per heavy atom. The van der Waals surface area contributed by atoms with Crippen LogP contribution in [0, 0.1) is 0 Å². The van der Waals surface area contributed by atoms with Crippen LogP contribution in [-0.2, 0) is 19.7 Å². The van der Waals surface area contributed by atoms with E-state index >= 15 is 0 Å². The Morgan fingerprint density at radius 2 is 1.85 bits per heavy atom. The summed E-state index contributed by atoms with van der Waals surface area (Å²) in [6, 6.07) is 10.2. The Morgan fingerprint density at radius 3 is 2.48 bits per heavy atom. The maximum Gasteiger partial charge on any atom is 0.341 e. The number of carbonyl (C=O) groups is 2. The van der Waals surface area contributed by atoms with Gasteiger partial charge in [-0.2, -0.15) is 0 Å². The molecule has 1 amide bonds. The third kappa shape index (κ3) is 5.81. The molecule has 0 aliphatic carbocycles. The fraction of sp³-hybridized carbons (Fsp3) is 0.440. The van der Waals surface area contributed by atoms with Crippen LogP contribution in [0.1, 0.15) is 56.0 Å². The van der Waals surface area contributed by atoms with E-state index in [-0.39, 0.29) is 24.2 Å². The van der Waals surface area contributed by atoms with Gasteiger partial charge in [0.1, 0.15) is 11.3 Å². The van der Waals surface area contributed by atoms with E-state index in [4.69, 9.17) is 37.4 Å². The minimum Gasteiger partial charge on any atom is -0.490 e. The number of esters is 1. The summed E-state index contributed by atoms with van der Waals surface area (Å²) in [5.74, 6) is -0.309. The van der Waals surface area contributed by atoms with Gasteiger partial charge >= 0.3 is 5.97 Å². The SMILES string of the molecule is CCOC(=O)c1cc(NC(=O)C2(c3ccc(Cl)cc3Cl)CCOCC2)ccc1OC(C)CC. The number of hydrogen-bond acceptors (Lipinski definition) is 5. The van der Waals surface area contributed by atoms with E-state index in [0.717, 1.165) is 6.42 Å². The van der Waals surface area contributed by atoms with Crippen LogP contribution < -0.4 is 10.1 Å². The lowest BCUT2D eigenvalue weighted by Gasteiger charge is -2.37. The number of halogens is 2. The molecule has 0 aromatic heterocycles. The number of carbonyl (C=O) groups excluding carboxylic acids is 2. The molecule has 1 aliphatic rings. The van der Waals surface area contributed by atoms with Crippen LogP contribution in [0.4, 0.5) is 5.69 Å². The lowest BCUT2D eigenvalue weighted by Crippen LogP contribution is -2.45. The van der Waals surface area contributed by atoms with Crippen molar-refractivity contribution in [1.82, 2.24) is 0 Å². The van der Waals surface area contributed by atoms with Crippen LogP contribution in [-0.4, -0.2) is 37.8 Å². The van der Waals surface area contributed by atoms with Crippen molar-refractivity contribution in [3.63, 3.8) is 0 Å². The first-order valence-corrected chi connectivity index (χ1v) is 11.9. The molecule has 2 aromatic carbocycles. The zero-order valence-electron chi connectivity index (χ0n) is 19.1. The smallest absolute Gasteiger partial charge is 0.341 e. The summed E-state index contributed by atoms with van der Waals surface area (Å²) in [5, 5.41) is 3.91. The molecule has 1 atom stereocenters. The molecule has 178 valence electrons. The molecule has 0 radical (unpaired) electrons. The highest BCUT2D eigenvalue weighted by molar-refractivity contribution is 6.35. The Kier molecular flexibility index (Phi) is 8.63. The summed E-state index contributed by atoms with van der Waals surface area (Å²) >= 11 is 12.6. The number of nitrogens with one attached hydrogen (secondary N) is 1. The minimum absolute atomic E-state index is 0.0730. The minimum atomic E-state index is -0.879. The average molecular weight is 494 g/mol. The summed E-state index contributed by atoms with van der Waals surface area (Å²) in [4.78, 5) is 26.2. The van der Waals surface area contributed by atoms with E-state index in [0.29, 0.717) is 53.1 Å². The molecule has 0 spiro atoms. The van der Waals surface area contributed by atoms with E-state index in [9.17, 15) is 9.59 Å². The molecule has 8 heteroatoms. The number of anilines is 1. The van der Waals surface area contributed by atoms with E-state index in [1.54, 1.807) is 43.3 Å². The van der Waals surface area contributed by atoms with E-state index < -0.39 is 11.4 Å². The van der Waals surface area contributed by atoms with Crippen LogP contribution in [0.15, 0.2) is 36.4 Å².